The summed E-state index contributed by atoms with van der Waals surface area (Å²) in [7, 11) is 2.23. The number of hydrogen-bond acceptors (Lipinski definition) is 2. The quantitative estimate of drug-likeness (QED) is 0.385. The molecule has 1 saturated heterocycles. The summed E-state index contributed by atoms with van der Waals surface area (Å²) in [4.78, 5) is 10.8. The maximum atomic E-state index is 6.76. The molecule has 0 aliphatic carbocycles. The second-order valence-corrected chi connectivity index (χ2v) is 9.69. The summed E-state index contributed by atoms with van der Waals surface area (Å²) in [5.74, 6) is 1.72. The first-order chi connectivity index (χ1) is 15.0. The highest BCUT2D eigenvalue weighted by Gasteiger charge is 2.17. The summed E-state index contributed by atoms with van der Waals surface area (Å²) in [6.07, 6.45) is 7.42. The number of fused-ring (bicyclic) bond motifs is 2. The van der Waals surface area contributed by atoms with Crippen molar-refractivity contribution in [3.05, 3.63) is 52.7 Å². The highest BCUT2D eigenvalue weighted by molar-refractivity contribution is 6.34. The zero-order valence-corrected chi connectivity index (χ0v) is 19.5. The monoisotopic (exact) mass is 434 g/mol. The summed E-state index contributed by atoms with van der Waals surface area (Å²) in [5.41, 5.74) is 6.72. The van der Waals surface area contributed by atoms with Crippen molar-refractivity contribution >= 4 is 33.5 Å². The molecular formula is C26H31ClN4. The van der Waals surface area contributed by atoms with E-state index in [4.69, 9.17) is 16.6 Å². The van der Waals surface area contributed by atoms with Crippen LogP contribution in [0.3, 0.4) is 0 Å². The molecule has 1 aliphatic heterocycles. The number of aryl methyl sites for hydroxylation is 3. The first kappa shape index (κ1) is 20.6. The van der Waals surface area contributed by atoms with E-state index in [1.165, 1.54) is 60.8 Å². The van der Waals surface area contributed by atoms with Crippen LogP contribution in [0.5, 0.6) is 0 Å². The van der Waals surface area contributed by atoms with Crippen molar-refractivity contribution in [2.45, 2.75) is 46.1 Å². The zero-order valence-electron chi connectivity index (χ0n) is 18.7. The molecule has 1 aliphatic rings. The molecule has 0 amide bonds. The van der Waals surface area contributed by atoms with Crippen LogP contribution in [0.4, 0.5) is 0 Å². The van der Waals surface area contributed by atoms with Crippen molar-refractivity contribution in [2.75, 3.05) is 20.1 Å². The van der Waals surface area contributed by atoms with Gasteiger partial charge < -0.3 is 14.5 Å². The minimum absolute atomic E-state index is 0.746. The Morgan fingerprint density at radius 3 is 2.74 bits per heavy atom. The van der Waals surface area contributed by atoms with Gasteiger partial charge in [-0.3, -0.25) is 0 Å². The fraction of sp³-hybridized carbons (Fsp3) is 0.423. The molecule has 0 saturated carbocycles. The Labute approximate surface area is 189 Å². The van der Waals surface area contributed by atoms with Crippen LogP contribution in [-0.4, -0.2) is 39.6 Å². The van der Waals surface area contributed by atoms with Gasteiger partial charge in [0.1, 0.15) is 5.82 Å². The number of piperidine rings is 1. The molecular weight excluding hydrogens is 404 g/mol. The summed E-state index contributed by atoms with van der Waals surface area (Å²) >= 11 is 6.76. The second-order valence-electron chi connectivity index (χ2n) is 9.28. The largest absolute Gasteiger partial charge is 0.347 e. The maximum Gasteiger partial charge on any atom is 0.140 e. The van der Waals surface area contributed by atoms with Crippen molar-refractivity contribution in [2.24, 2.45) is 5.92 Å². The van der Waals surface area contributed by atoms with Crippen molar-refractivity contribution in [3.8, 4) is 11.4 Å². The fourth-order valence-electron chi connectivity index (χ4n) is 4.93. The van der Waals surface area contributed by atoms with Crippen LogP contribution in [-0.2, 0) is 6.54 Å². The lowest BCUT2D eigenvalue weighted by Crippen LogP contribution is -2.30. The molecule has 1 N–H and O–H groups in total. The van der Waals surface area contributed by atoms with Crippen molar-refractivity contribution in [1.29, 1.82) is 0 Å². The Hall–Kier alpha value is -2.30. The van der Waals surface area contributed by atoms with E-state index in [2.05, 4.69) is 71.9 Å². The molecule has 4 aromatic rings. The van der Waals surface area contributed by atoms with E-state index in [0.717, 1.165) is 39.9 Å². The molecule has 0 radical (unpaired) electrons. The number of rotatable bonds is 5. The van der Waals surface area contributed by atoms with Gasteiger partial charge in [-0.2, -0.15) is 0 Å². The summed E-state index contributed by atoms with van der Waals surface area (Å²) in [5, 5.41) is 1.96. The molecule has 0 atom stereocenters. The highest BCUT2D eigenvalue weighted by Crippen LogP contribution is 2.33. The lowest BCUT2D eigenvalue weighted by Gasteiger charge is -2.28. The summed E-state index contributed by atoms with van der Waals surface area (Å²) in [6.45, 7) is 7.79. The van der Waals surface area contributed by atoms with Crippen molar-refractivity contribution in [3.63, 3.8) is 0 Å². The van der Waals surface area contributed by atoms with E-state index in [0.29, 0.717) is 0 Å². The first-order valence-corrected chi connectivity index (χ1v) is 11.8. The molecule has 5 rings (SSSR count). The molecule has 31 heavy (non-hydrogen) atoms. The number of likely N-dealkylation sites (tertiary alicyclic amines) is 1. The summed E-state index contributed by atoms with van der Waals surface area (Å²) in [6, 6.07) is 10.7. The lowest BCUT2D eigenvalue weighted by molar-refractivity contribution is 0.209. The van der Waals surface area contributed by atoms with Crippen molar-refractivity contribution < 1.29 is 0 Å². The second kappa shape index (κ2) is 8.33. The maximum absolute atomic E-state index is 6.76. The number of H-pyrrole nitrogens is 1. The van der Waals surface area contributed by atoms with E-state index in [-0.39, 0.29) is 0 Å². The number of hydrogen-bond donors (Lipinski definition) is 1. The van der Waals surface area contributed by atoms with Crippen LogP contribution in [0.2, 0.25) is 5.02 Å². The van der Waals surface area contributed by atoms with Gasteiger partial charge in [-0.05, 0) is 101 Å². The van der Waals surface area contributed by atoms with Gasteiger partial charge in [0.2, 0.25) is 0 Å². The molecule has 162 valence electrons. The Morgan fingerprint density at radius 2 is 1.94 bits per heavy atom. The number of nitrogens with zero attached hydrogens (tertiary/aromatic N) is 3. The van der Waals surface area contributed by atoms with Crippen LogP contribution < -0.4 is 0 Å². The van der Waals surface area contributed by atoms with Gasteiger partial charge in [-0.25, -0.2) is 4.98 Å². The van der Waals surface area contributed by atoms with Crippen LogP contribution in [0.25, 0.3) is 33.3 Å². The van der Waals surface area contributed by atoms with Gasteiger partial charge in [-0.15, -0.1) is 0 Å². The third-order valence-corrected chi connectivity index (χ3v) is 7.46. The van der Waals surface area contributed by atoms with E-state index >= 15 is 0 Å². The molecule has 1 fully saturated rings. The number of nitrogens with one attached hydrogen (secondary N) is 1. The van der Waals surface area contributed by atoms with Crippen LogP contribution in [0.1, 0.15) is 36.8 Å². The third-order valence-electron chi connectivity index (χ3n) is 7.14. The average Bonchev–Trinajstić information content (AvgIpc) is 3.36. The Morgan fingerprint density at radius 1 is 1.13 bits per heavy atom. The van der Waals surface area contributed by atoms with E-state index in [1.54, 1.807) is 0 Å². The predicted octanol–water partition coefficient (Wildman–Crippen LogP) is 6.58. The van der Waals surface area contributed by atoms with Crippen LogP contribution in [0, 0.1) is 19.8 Å². The molecule has 0 bridgehead atoms. The minimum Gasteiger partial charge on any atom is -0.347 e. The fourth-order valence-corrected chi connectivity index (χ4v) is 5.18. The molecule has 2 aromatic heterocycles. The van der Waals surface area contributed by atoms with Gasteiger partial charge in [0.25, 0.3) is 0 Å². The lowest BCUT2D eigenvalue weighted by atomic mass is 9.92. The van der Waals surface area contributed by atoms with Crippen LogP contribution in [0.15, 0.2) is 36.5 Å². The molecule has 2 aromatic carbocycles. The Kier molecular flexibility index (Phi) is 5.53. The first-order valence-electron chi connectivity index (χ1n) is 11.4. The van der Waals surface area contributed by atoms with Gasteiger partial charge >= 0.3 is 0 Å². The third kappa shape index (κ3) is 3.99. The number of aromatic amines is 1. The van der Waals surface area contributed by atoms with Gasteiger partial charge in [0, 0.05) is 29.2 Å². The predicted molar refractivity (Wildman–Crippen MR) is 131 cm³/mol. The van der Waals surface area contributed by atoms with E-state index in [9.17, 15) is 0 Å². The van der Waals surface area contributed by atoms with Gasteiger partial charge in [-0.1, -0.05) is 17.7 Å². The highest BCUT2D eigenvalue weighted by atomic mass is 35.5. The molecule has 3 heterocycles. The van der Waals surface area contributed by atoms with Crippen LogP contribution >= 0.6 is 11.6 Å². The van der Waals surface area contributed by atoms with E-state index in [1.807, 2.05) is 0 Å². The smallest absolute Gasteiger partial charge is 0.140 e. The van der Waals surface area contributed by atoms with E-state index < -0.39 is 0 Å². The minimum atomic E-state index is 0.746. The molecule has 4 nitrogen and oxygen atoms in total. The number of halogens is 1. The normalized spacial score (nSPS) is 16.0. The molecule has 0 unspecified atom stereocenters. The van der Waals surface area contributed by atoms with Crippen molar-refractivity contribution in [1.82, 2.24) is 19.4 Å². The number of aromatic nitrogens is 3. The average molecular weight is 435 g/mol. The topological polar surface area (TPSA) is 36.9 Å². The Bertz CT molecular complexity index is 1230. The number of imidazole rings is 1. The molecule has 0 spiro atoms. The molecule has 5 heteroatoms. The summed E-state index contributed by atoms with van der Waals surface area (Å²) < 4.78 is 2.35. The zero-order chi connectivity index (χ0) is 21.5. The number of benzene rings is 2. The van der Waals surface area contributed by atoms with Gasteiger partial charge in [0.05, 0.1) is 16.1 Å². The van der Waals surface area contributed by atoms with Gasteiger partial charge in [0.15, 0.2) is 0 Å². The SMILES string of the molecule is Cc1ccc2[nH]c(-c3cc4ccn(CCCC5CCN(C)CC5)c4cc3Cl)nc2c1C. The Balaban J connectivity index is 1.37. The standard InChI is InChI=1S/C26H31ClN4/c1-17-6-7-23-25(18(17)2)29-26(28-23)21-15-20-10-14-31(24(20)16-22(21)27)11-4-5-19-8-12-30(3)13-9-19/h6-7,10,14-16,19H,4-5,8-9,11-13H2,1-3H3,(H,28,29).